The van der Waals surface area contributed by atoms with E-state index in [4.69, 9.17) is 10.7 Å². The number of aromatic amines is 1. The lowest BCUT2D eigenvalue weighted by Crippen LogP contribution is -2.29. The van der Waals surface area contributed by atoms with E-state index in [-0.39, 0.29) is 5.82 Å². The Bertz CT molecular complexity index is 1870. The van der Waals surface area contributed by atoms with E-state index in [1.54, 1.807) is 12.1 Å². The largest absolute Gasteiger partial charge is 0.383 e. The van der Waals surface area contributed by atoms with Crippen molar-refractivity contribution < 1.29 is 9.18 Å². The number of hydrogen-bond donors (Lipinski definition) is 3. The molecule has 4 N–H and O–H groups in total. The number of aromatic nitrogens is 3. The minimum absolute atomic E-state index is 0.307. The summed E-state index contributed by atoms with van der Waals surface area (Å²) in [5.74, 6) is -0.0990. The molecule has 4 aromatic carbocycles. The van der Waals surface area contributed by atoms with E-state index >= 15 is 0 Å². The molecule has 6 aromatic rings. The Morgan fingerprint density at radius 2 is 1.80 bits per heavy atom. The van der Waals surface area contributed by atoms with Crippen molar-refractivity contribution in [3.63, 3.8) is 0 Å². The monoisotopic (exact) mass is 534 g/mol. The van der Waals surface area contributed by atoms with Crippen molar-refractivity contribution in [1.82, 2.24) is 19.4 Å². The number of carbonyl (C=O) groups is 1. The zero-order valence-electron chi connectivity index (χ0n) is 22.5. The van der Waals surface area contributed by atoms with Gasteiger partial charge < -0.3 is 25.5 Å². The summed E-state index contributed by atoms with van der Waals surface area (Å²) in [6.07, 6.45) is 0. The third-order valence-electron chi connectivity index (χ3n) is 7.56. The van der Waals surface area contributed by atoms with Gasteiger partial charge in [-0.1, -0.05) is 44.2 Å². The highest BCUT2D eigenvalue weighted by Gasteiger charge is 2.19. The maximum absolute atomic E-state index is 13.9. The Morgan fingerprint density at radius 3 is 2.60 bits per heavy atom. The van der Waals surface area contributed by atoms with Crippen molar-refractivity contribution in [1.29, 1.82) is 0 Å². The summed E-state index contributed by atoms with van der Waals surface area (Å²) >= 11 is 0. The number of hydrogen-bond acceptors (Lipinski definition) is 4. The fraction of sp³-hybridized carbons (Fsp3) is 0.188. The fourth-order valence-electron chi connectivity index (χ4n) is 5.53. The summed E-state index contributed by atoms with van der Waals surface area (Å²) in [6, 6.07) is 24.6. The number of halogens is 1. The molecule has 0 aliphatic rings. The molecule has 2 aromatic heterocycles. The van der Waals surface area contributed by atoms with Gasteiger partial charge in [0, 0.05) is 40.8 Å². The van der Waals surface area contributed by atoms with Gasteiger partial charge in [-0.25, -0.2) is 9.37 Å². The predicted octanol–water partition coefficient (Wildman–Crippen LogP) is 6.32. The molecule has 0 radical (unpaired) electrons. The maximum atomic E-state index is 13.9. The minimum atomic E-state index is -0.470. The van der Waals surface area contributed by atoms with Crippen LogP contribution < -0.4 is 11.1 Å². The van der Waals surface area contributed by atoms with Crippen LogP contribution in [0.25, 0.3) is 49.9 Å². The SMILES string of the molecule is CCN(CC)CCNc1cc(-n2c3ccccc3c3c(-c4nc5ccc(F)cc5[nH]4)cccc32)ccc1C(N)=O. The van der Waals surface area contributed by atoms with Gasteiger partial charge in [0.1, 0.15) is 11.6 Å². The summed E-state index contributed by atoms with van der Waals surface area (Å²) in [7, 11) is 0. The van der Waals surface area contributed by atoms with E-state index in [2.05, 4.69) is 51.8 Å². The molecule has 0 unspecified atom stereocenters. The number of nitrogens with two attached hydrogens (primary N) is 1. The van der Waals surface area contributed by atoms with Gasteiger partial charge in [0.25, 0.3) is 5.91 Å². The van der Waals surface area contributed by atoms with Crippen LogP contribution in [0.4, 0.5) is 10.1 Å². The van der Waals surface area contributed by atoms with Gasteiger partial charge in [0.05, 0.1) is 27.6 Å². The number of H-pyrrole nitrogens is 1. The number of rotatable bonds is 9. The Balaban J connectivity index is 1.51. The Hall–Kier alpha value is -4.69. The number of nitrogens with zero attached hydrogens (tertiary/aromatic N) is 3. The first kappa shape index (κ1) is 25.6. The number of carbonyl (C=O) groups excluding carboxylic acids is 1. The van der Waals surface area contributed by atoms with Crippen LogP contribution in [-0.4, -0.2) is 51.5 Å². The summed E-state index contributed by atoms with van der Waals surface area (Å²) in [5.41, 5.74) is 12.1. The third-order valence-corrected chi connectivity index (χ3v) is 7.56. The van der Waals surface area contributed by atoms with Gasteiger partial charge in [0.2, 0.25) is 0 Å². The number of fused-ring (bicyclic) bond motifs is 4. The first-order valence-corrected chi connectivity index (χ1v) is 13.6. The zero-order chi connectivity index (χ0) is 27.8. The Morgan fingerprint density at radius 1 is 1.00 bits per heavy atom. The van der Waals surface area contributed by atoms with Gasteiger partial charge >= 0.3 is 0 Å². The van der Waals surface area contributed by atoms with Gasteiger partial charge in [-0.2, -0.15) is 0 Å². The smallest absolute Gasteiger partial charge is 0.250 e. The van der Waals surface area contributed by atoms with Crippen LogP contribution in [-0.2, 0) is 0 Å². The molecule has 7 nitrogen and oxygen atoms in total. The molecular formula is C32H31FN6O. The van der Waals surface area contributed by atoms with Crippen molar-refractivity contribution in [2.24, 2.45) is 5.73 Å². The van der Waals surface area contributed by atoms with Gasteiger partial charge in [0.15, 0.2) is 0 Å². The van der Waals surface area contributed by atoms with E-state index in [1.807, 2.05) is 36.4 Å². The summed E-state index contributed by atoms with van der Waals surface area (Å²) in [6.45, 7) is 7.75. The summed E-state index contributed by atoms with van der Waals surface area (Å²) in [4.78, 5) is 22.7. The molecule has 40 heavy (non-hydrogen) atoms. The van der Waals surface area contributed by atoms with Crippen LogP contribution >= 0.6 is 0 Å². The normalized spacial score (nSPS) is 11.7. The molecule has 202 valence electrons. The van der Waals surface area contributed by atoms with Crippen molar-refractivity contribution in [2.45, 2.75) is 13.8 Å². The Labute approximate surface area is 231 Å². The summed E-state index contributed by atoms with van der Waals surface area (Å²) < 4.78 is 16.1. The highest BCUT2D eigenvalue weighted by molar-refractivity contribution is 6.15. The van der Waals surface area contributed by atoms with Crippen molar-refractivity contribution in [3.8, 4) is 17.1 Å². The number of nitrogens with one attached hydrogen (secondary N) is 2. The maximum Gasteiger partial charge on any atom is 0.250 e. The standard InChI is InChI=1S/C32H31FN6O/c1-3-38(4-2)17-16-35-26-19-21(13-14-22(26)31(34)40)39-28-10-6-5-8-23(28)30-24(9-7-11-29(30)39)32-36-25-15-12-20(33)18-27(25)37-32/h5-15,18-19,35H,3-4,16-17H2,1-2H3,(H2,34,40)(H,36,37). The second-order valence-electron chi connectivity index (χ2n) is 9.85. The second-order valence-corrected chi connectivity index (χ2v) is 9.85. The van der Waals surface area contributed by atoms with E-state index in [0.717, 1.165) is 52.7 Å². The molecule has 0 aliphatic carbocycles. The molecule has 0 aliphatic heterocycles. The topological polar surface area (TPSA) is 92.0 Å². The molecule has 0 fully saturated rings. The molecule has 0 bridgehead atoms. The van der Waals surface area contributed by atoms with E-state index < -0.39 is 5.91 Å². The highest BCUT2D eigenvalue weighted by Crippen LogP contribution is 2.38. The quantitative estimate of drug-likeness (QED) is 0.202. The van der Waals surface area contributed by atoms with Gasteiger partial charge in [-0.15, -0.1) is 0 Å². The molecule has 6 rings (SSSR count). The average Bonchev–Trinajstić information content (AvgIpc) is 3.54. The van der Waals surface area contributed by atoms with Crippen molar-refractivity contribution >= 4 is 44.4 Å². The molecule has 0 saturated carbocycles. The van der Waals surface area contributed by atoms with E-state index in [1.165, 1.54) is 12.1 Å². The van der Waals surface area contributed by atoms with E-state index in [0.29, 0.717) is 34.7 Å². The number of amides is 1. The summed E-state index contributed by atoms with van der Waals surface area (Å²) in [5, 5.41) is 5.55. The zero-order valence-corrected chi connectivity index (χ0v) is 22.5. The van der Waals surface area contributed by atoms with Crippen LogP contribution in [0.3, 0.4) is 0 Å². The molecule has 0 atom stereocenters. The third kappa shape index (κ3) is 4.46. The first-order chi connectivity index (χ1) is 19.5. The molecule has 0 saturated heterocycles. The van der Waals surface area contributed by atoms with Crippen LogP contribution in [0.2, 0.25) is 0 Å². The lowest BCUT2D eigenvalue weighted by molar-refractivity contribution is 0.100. The van der Waals surface area contributed by atoms with Crippen LogP contribution in [0.1, 0.15) is 24.2 Å². The van der Waals surface area contributed by atoms with Crippen molar-refractivity contribution in [2.75, 3.05) is 31.5 Å². The number of benzene rings is 4. The average molecular weight is 535 g/mol. The number of anilines is 1. The molecule has 0 spiro atoms. The number of primary amides is 1. The molecular weight excluding hydrogens is 503 g/mol. The van der Waals surface area contributed by atoms with Crippen molar-refractivity contribution in [3.05, 3.63) is 90.2 Å². The highest BCUT2D eigenvalue weighted by atomic mass is 19.1. The lowest BCUT2D eigenvalue weighted by Gasteiger charge is -2.19. The number of likely N-dealkylation sites (N-methyl/N-ethyl adjacent to an activating group) is 1. The molecule has 1 amide bonds. The lowest BCUT2D eigenvalue weighted by atomic mass is 10.1. The number of para-hydroxylation sites is 1. The van der Waals surface area contributed by atoms with Crippen LogP contribution in [0.15, 0.2) is 78.9 Å². The van der Waals surface area contributed by atoms with E-state index in [9.17, 15) is 9.18 Å². The molecule has 2 heterocycles. The number of imidazole rings is 1. The van der Waals surface area contributed by atoms with Gasteiger partial charge in [-0.05, 0) is 61.6 Å². The Kier molecular flexibility index (Phi) is 6.69. The second kappa shape index (κ2) is 10.5. The minimum Gasteiger partial charge on any atom is -0.383 e. The predicted molar refractivity (Wildman–Crippen MR) is 161 cm³/mol. The fourth-order valence-corrected chi connectivity index (χ4v) is 5.53. The molecule has 8 heteroatoms. The van der Waals surface area contributed by atoms with Crippen LogP contribution in [0, 0.1) is 5.82 Å². The first-order valence-electron chi connectivity index (χ1n) is 13.6. The van der Waals surface area contributed by atoms with Crippen LogP contribution in [0.5, 0.6) is 0 Å². The van der Waals surface area contributed by atoms with Gasteiger partial charge in [-0.3, -0.25) is 4.79 Å².